The molecule has 0 unspecified atom stereocenters. The molecule has 1 aromatic carbocycles. The van der Waals surface area contributed by atoms with Gasteiger partial charge < -0.3 is 4.43 Å². The van der Waals surface area contributed by atoms with Crippen molar-refractivity contribution in [3.8, 4) is 5.75 Å². The molecule has 0 spiro atoms. The summed E-state index contributed by atoms with van der Waals surface area (Å²) >= 11 is 0. The largest absolute Gasteiger partial charge is 0.543 e. The zero-order chi connectivity index (χ0) is 15.7. The molecule has 0 bridgehead atoms. The van der Waals surface area contributed by atoms with Gasteiger partial charge in [-0.05, 0) is 30.3 Å². The first-order valence-electron chi connectivity index (χ1n) is 8.04. The van der Waals surface area contributed by atoms with E-state index >= 15 is 0 Å². The number of rotatable bonds is 4. The van der Waals surface area contributed by atoms with E-state index in [4.69, 9.17) is 4.43 Å². The van der Waals surface area contributed by atoms with Gasteiger partial charge in [-0.25, -0.2) is 4.58 Å². The van der Waals surface area contributed by atoms with E-state index in [0.717, 1.165) is 12.3 Å². The molecule has 0 saturated heterocycles. The maximum absolute atomic E-state index is 6.41. The van der Waals surface area contributed by atoms with Gasteiger partial charge in [0, 0.05) is 25.3 Å². The fourth-order valence-electron chi connectivity index (χ4n) is 2.46. The SMILES string of the molecule is CC1=[N+](Cc2cccc(O[Si](C)(C)C(C)(C)C)c2)CCC1. The zero-order valence-corrected chi connectivity index (χ0v) is 15.5. The lowest BCUT2D eigenvalue weighted by Crippen LogP contribution is -2.43. The molecule has 1 heterocycles. The Hall–Kier alpha value is -1.09. The summed E-state index contributed by atoms with van der Waals surface area (Å²) in [7, 11) is -1.75. The topological polar surface area (TPSA) is 12.2 Å². The molecule has 0 radical (unpaired) electrons. The van der Waals surface area contributed by atoms with E-state index in [9.17, 15) is 0 Å². The predicted octanol–water partition coefficient (Wildman–Crippen LogP) is 4.84. The van der Waals surface area contributed by atoms with Crippen molar-refractivity contribution in [2.24, 2.45) is 0 Å². The molecule has 116 valence electrons. The molecule has 0 saturated carbocycles. The predicted molar refractivity (Wildman–Crippen MR) is 93.0 cm³/mol. The van der Waals surface area contributed by atoms with Crippen molar-refractivity contribution in [3.63, 3.8) is 0 Å². The average Bonchev–Trinajstić information content (AvgIpc) is 2.73. The quantitative estimate of drug-likeness (QED) is 0.573. The minimum Gasteiger partial charge on any atom is -0.543 e. The lowest BCUT2D eigenvalue weighted by atomic mass is 10.2. The molecule has 1 aliphatic heterocycles. The van der Waals surface area contributed by atoms with Crippen LogP contribution in [0.3, 0.4) is 0 Å². The minimum atomic E-state index is -1.75. The van der Waals surface area contributed by atoms with Gasteiger partial charge in [0.15, 0.2) is 6.54 Å². The van der Waals surface area contributed by atoms with Crippen LogP contribution in [0.15, 0.2) is 24.3 Å². The van der Waals surface area contributed by atoms with Crippen LogP contribution in [-0.4, -0.2) is 25.1 Å². The summed E-state index contributed by atoms with van der Waals surface area (Å²) in [5, 5.41) is 0.238. The van der Waals surface area contributed by atoms with Crippen LogP contribution in [-0.2, 0) is 6.54 Å². The average molecular weight is 305 g/mol. The Morgan fingerprint density at radius 1 is 1.24 bits per heavy atom. The lowest BCUT2D eigenvalue weighted by molar-refractivity contribution is -0.536. The fraction of sp³-hybridized carbons (Fsp3) is 0.611. The Balaban J connectivity index is 2.13. The minimum absolute atomic E-state index is 0.238. The molecule has 0 aromatic heterocycles. The summed E-state index contributed by atoms with van der Waals surface area (Å²) in [6, 6.07) is 8.67. The number of benzene rings is 1. The molecule has 1 aromatic rings. The van der Waals surface area contributed by atoms with E-state index in [2.05, 4.69) is 69.6 Å². The molecular formula is C18H30NOSi+. The van der Waals surface area contributed by atoms with Gasteiger partial charge in [0.05, 0.1) is 0 Å². The van der Waals surface area contributed by atoms with Gasteiger partial charge in [-0.3, -0.25) is 0 Å². The van der Waals surface area contributed by atoms with E-state index in [1.54, 1.807) is 0 Å². The van der Waals surface area contributed by atoms with Crippen LogP contribution in [0.2, 0.25) is 18.1 Å². The van der Waals surface area contributed by atoms with Gasteiger partial charge in [-0.2, -0.15) is 0 Å². The maximum Gasteiger partial charge on any atom is 0.250 e. The molecule has 3 heteroatoms. The third-order valence-corrected chi connectivity index (χ3v) is 9.32. The Labute approximate surface area is 131 Å². The normalized spacial score (nSPS) is 16.5. The van der Waals surface area contributed by atoms with Gasteiger partial charge in [-0.1, -0.05) is 32.9 Å². The van der Waals surface area contributed by atoms with Gasteiger partial charge in [0.2, 0.25) is 8.32 Å². The van der Waals surface area contributed by atoms with Crippen LogP contribution in [0.25, 0.3) is 0 Å². The third kappa shape index (κ3) is 3.97. The van der Waals surface area contributed by atoms with Crippen LogP contribution in [0.5, 0.6) is 5.75 Å². The highest BCUT2D eigenvalue weighted by molar-refractivity contribution is 6.74. The van der Waals surface area contributed by atoms with Crippen molar-refractivity contribution in [1.29, 1.82) is 0 Å². The molecule has 2 rings (SSSR count). The monoisotopic (exact) mass is 304 g/mol. The van der Waals surface area contributed by atoms with Gasteiger partial charge in [0.25, 0.3) is 0 Å². The summed E-state index contributed by atoms with van der Waals surface area (Å²) in [6.07, 6.45) is 2.55. The van der Waals surface area contributed by atoms with Crippen molar-refractivity contribution in [3.05, 3.63) is 29.8 Å². The van der Waals surface area contributed by atoms with Gasteiger partial charge >= 0.3 is 0 Å². The second kappa shape index (κ2) is 5.96. The highest BCUT2D eigenvalue weighted by atomic mass is 28.4. The van der Waals surface area contributed by atoms with Gasteiger partial charge in [-0.15, -0.1) is 0 Å². The number of hydrogen-bond acceptors (Lipinski definition) is 1. The molecule has 0 fully saturated rings. The van der Waals surface area contributed by atoms with Crippen LogP contribution < -0.4 is 4.43 Å². The van der Waals surface area contributed by atoms with E-state index < -0.39 is 8.32 Å². The first-order valence-corrected chi connectivity index (χ1v) is 11.0. The molecule has 2 nitrogen and oxygen atoms in total. The van der Waals surface area contributed by atoms with Crippen molar-refractivity contribution in [1.82, 2.24) is 0 Å². The second-order valence-electron chi connectivity index (χ2n) is 7.77. The Bertz CT molecular complexity index is 540. The standard InChI is InChI=1S/C18H30NOSi/c1-15-9-8-12-19(15)14-16-10-7-11-17(13-16)20-21(5,6)18(2,3)4/h7,10-11,13H,8-9,12,14H2,1-6H3/q+1. The van der Waals surface area contributed by atoms with Gasteiger partial charge in [0.1, 0.15) is 18.0 Å². The Morgan fingerprint density at radius 2 is 1.95 bits per heavy atom. The molecule has 0 N–H and O–H groups in total. The summed E-state index contributed by atoms with van der Waals surface area (Å²) in [6.45, 7) is 15.9. The van der Waals surface area contributed by atoms with Crippen molar-refractivity contribution >= 4 is 14.0 Å². The molecule has 0 aliphatic carbocycles. The molecule has 0 amide bonds. The van der Waals surface area contributed by atoms with Crippen molar-refractivity contribution < 1.29 is 9.00 Å². The highest BCUT2D eigenvalue weighted by Crippen LogP contribution is 2.37. The van der Waals surface area contributed by atoms with Crippen LogP contribution >= 0.6 is 0 Å². The Morgan fingerprint density at radius 3 is 2.52 bits per heavy atom. The van der Waals surface area contributed by atoms with E-state index in [0.29, 0.717) is 0 Å². The fourth-order valence-corrected chi connectivity index (χ4v) is 3.49. The summed E-state index contributed by atoms with van der Waals surface area (Å²) in [5.41, 5.74) is 2.87. The first-order chi connectivity index (χ1) is 9.69. The molecule has 0 atom stereocenters. The second-order valence-corrected chi connectivity index (χ2v) is 12.5. The lowest BCUT2D eigenvalue weighted by Gasteiger charge is -2.36. The molecule has 21 heavy (non-hydrogen) atoms. The zero-order valence-electron chi connectivity index (χ0n) is 14.5. The van der Waals surface area contributed by atoms with E-state index in [1.165, 1.54) is 30.7 Å². The summed E-state index contributed by atoms with van der Waals surface area (Å²) < 4.78 is 8.90. The van der Waals surface area contributed by atoms with E-state index in [1.807, 2.05) is 0 Å². The first kappa shape index (κ1) is 16.3. The summed E-state index contributed by atoms with van der Waals surface area (Å²) in [4.78, 5) is 0. The Kier molecular flexibility index (Phi) is 4.62. The van der Waals surface area contributed by atoms with Crippen LogP contribution in [0.1, 0.15) is 46.1 Å². The molecular weight excluding hydrogens is 274 g/mol. The molecule has 1 aliphatic rings. The number of hydrogen-bond donors (Lipinski definition) is 0. The van der Waals surface area contributed by atoms with E-state index in [-0.39, 0.29) is 5.04 Å². The van der Waals surface area contributed by atoms with Crippen LogP contribution in [0, 0.1) is 0 Å². The van der Waals surface area contributed by atoms with Crippen molar-refractivity contribution in [2.45, 2.75) is 65.2 Å². The third-order valence-electron chi connectivity index (χ3n) is 4.96. The maximum atomic E-state index is 6.41. The van der Waals surface area contributed by atoms with Crippen molar-refractivity contribution in [2.75, 3.05) is 6.54 Å². The van der Waals surface area contributed by atoms with Crippen LogP contribution in [0.4, 0.5) is 0 Å². The smallest absolute Gasteiger partial charge is 0.250 e. The number of nitrogens with zero attached hydrogens (tertiary/aromatic N) is 1. The summed E-state index contributed by atoms with van der Waals surface area (Å²) in [5.74, 6) is 1.04. The highest BCUT2D eigenvalue weighted by Gasteiger charge is 2.39.